The molecule has 0 aromatic carbocycles. The molecule has 0 aliphatic rings. The van der Waals surface area contributed by atoms with Crippen LogP contribution in [-0.2, 0) is 9.53 Å². The van der Waals surface area contributed by atoms with Crippen molar-refractivity contribution < 1.29 is 9.53 Å². The van der Waals surface area contributed by atoms with Crippen LogP contribution in [0, 0.1) is 0 Å². The van der Waals surface area contributed by atoms with E-state index in [9.17, 15) is 4.79 Å². The highest BCUT2D eigenvalue weighted by Crippen LogP contribution is 1.89. The molecule has 4 heteroatoms. The highest BCUT2D eigenvalue weighted by atomic mass is 16.5. The number of hydrogen-bond donors (Lipinski definition) is 2. The first-order valence-corrected chi connectivity index (χ1v) is 5.18. The van der Waals surface area contributed by atoms with Crippen molar-refractivity contribution >= 4 is 5.91 Å². The second-order valence-electron chi connectivity index (χ2n) is 3.50. The summed E-state index contributed by atoms with van der Waals surface area (Å²) < 4.78 is 5.34. The fraction of sp³-hybridized carbons (Fsp3) is 0.900. The summed E-state index contributed by atoms with van der Waals surface area (Å²) in [5.41, 5.74) is 0. The largest absolute Gasteiger partial charge is 0.380 e. The topological polar surface area (TPSA) is 50.4 Å². The minimum Gasteiger partial charge on any atom is -0.380 e. The van der Waals surface area contributed by atoms with Crippen molar-refractivity contribution in [3.8, 4) is 0 Å². The van der Waals surface area contributed by atoms with Crippen molar-refractivity contribution in [3.05, 3.63) is 0 Å². The van der Waals surface area contributed by atoms with Gasteiger partial charge in [0.25, 0.3) is 0 Å². The van der Waals surface area contributed by atoms with E-state index in [4.69, 9.17) is 4.74 Å². The molecule has 84 valence electrons. The van der Waals surface area contributed by atoms with Gasteiger partial charge in [-0.1, -0.05) is 13.8 Å². The molecule has 0 rings (SSSR count). The first-order valence-electron chi connectivity index (χ1n) is 5.18. The molecular weight excluding hydrogens is 180 g/mol. The van der Waals surface area contributed by atoms with Gasteiger partial charge in [-0.25, -0.2) is 0 Å². The average Bonchev–Trinajstić information content (AvgIpc) is 2.15. The number of ether oxygens (including phenoxy) is 1. The third-order valence-electron chi connectivity index (χ3n) is 1.77. The number of hydrogen-bond acceptors (Lipinski definition) is 3. The maximum absolute atomic E-state index is 10.8. The average molecular weight is 202 g/mol. The SMILES string of the molecule is CNC(=O)CCCOCCNC(C)C. The highest BCUT2D eigenvalue weighted by molar-refractivity contribution is 5.75. The first-order chi connectivity index (χ1) is 6.66. The molecule has 2 N–H and O–H groups in total. The van der Waals surface area contributed by atoms with E-state index in [1.54, 1.807) is 7.05 Å². The van der Waals surface area contributed by atoms with Gasteiger partial charge in [-0.3, -0.25) is 4.79 Å². The number of amides is 1. The van der Waals surface area contributed by atoms with Crippen LogP contribution in [0.4, 0.5) is 0 Å². The van der Waals surface area contributed by atoms with Gasteiger partial charge in [0.15, 0.2) is 0 Å². The third kappa shape index (κ3) is 9.48. The minimum atomic E-state index is 0.0777. The maximum atomic E-state index is 10.8. The molecule has 0 spiro atoms. The molecule has 0 saturated carbocycles. The van der Waals surface area contributed by atoms with Gasteiger partial charge in [0.2, 0.25) is 5.91 Å². The van der Waals surface area contributed by atoms with Gasteiger partial charge in [-0.2, -0.15) is 0 Å². The summed E-state index contributed by atoms with van der Waals surface area (Å²) in [7, 11) is 1.65. The van der Waals surface area contributed by atoms with Crippen LogP contribution in [0.1, 0.15) is 26.7 Å². The van der Waals surface area contributed by atoms with Gasteiger partial charge in [0.1, 0.15) is 0 Å². The summed E-state index contributed by atoms with van der Waals surface area (Å²) in [6.07, 6.45) is 1.34. The monoisotopic (exact) mass is 202 g/mol. The normalized spacial score (nSPS) is 10.6. The summed E-state index contributed by atoms with van der Waals surface area (Å²) in [5.74, 6) is 0.0777. The minimum absolute atomic E-state index is 0.0777. The number of carbonyl (C=O) groups excluding carboxylic acids is 1. The molecular formula is C10H22N2O2. The molecule has 14 heavy (non-hydrogen) atoms. The van der Waals surface area contributed by atoms with Gasteiger partial charge >= 0.3 is 0 Å². The zero-order valence-electron chi connectivity index (χ0n) is 9.43. The zero-order chi connectivity index (χ0) is 10.8. The van der Waals surface area contributed by atoms with Crippen LogP contribution in [0.25, 0.3) is 0 Å². The smallest absolute Gasteiger partial charge is 0.219 e. The van der Waals surface area contributed by atoms with Gasteiger partial charge in [0, 0.05) is 32.7 Å². The van der Waals surface area contributed by atoms with Crippen LogP contribution in [0.5, 0.6) is 0 Å². The summed E-state index contributed by atoms with van der Waals surface area (Å²) in [6, 6.07) is 0.504. The molecule has 0 aromatic heterocycles. The Morgan fingerprint density at radius 1 is 1.36 bits per heavy atom. The summed E-state index contributed by atoms with van der Waals surface area (Å²) >= 11 is 0. The molecule has 0 bridgehead atoms. The highest BCUT2D eigenvalue weighted by Gasteiger charge is 1.97. The second-order valence-corrected chi connectivity index (χ2v) is 3.50. The molecule has 0 aromatic rings. The molecule has 0 heterocycles. The lowest BCUT2D eigenvalue weighted by Crippen LogP contribution is -2.26. The van der Waals surface area contributed by atoms with E-state index < -0.39 is 0 Å². The molecule has 0 aliphatic heterocycles. The molecule has 1 amide bonds. The lowest BCUT2D eigenvalue weighted by atomic mass is 10.3. The first kappa shape index (κ1) is 13.4. The van der Waals surface area contributed by atoms with Gasteiger partial charge < -0.3 is 15.4 Å². The zero-order valence-corrected chi connectivity index (χ0v) is 9.43. The predicted octanol–water partition coefficient (Wildman–Crippen LogP) is 0.527. The van der Waals surface area contributed by atoms with Crippen LogP contribution in [0.3, 0.4) is 0 Å². The Hall–Kier alpha value is -0.610. The lowest BCUT2D eigenvalue weighted by molar-refractivity contribution is -0.120. The Morgan fingerprint density at radius 2 is 2.07 bits per heavy atom. The predicted molar refractivity (Wildman–Crippen MR) is 57.3 cm³/mol. The fourth-order valence-corrected chi connectivity index (χ4v) is 0.982. The molecule has 4 nitrogen and oxygen atoms in total. The van der Waals surface area contributed by atoms with Crippen molar-refractivity contribution in [1.82, 2.24) is 10.6 Å². The van der Waals surface area contributed by atoms with Crippen LogP contribution in [0.2, 0.25) is 0 Å². The molecule has 0 atom stereocenters. The van der Waals surface area contributed by atoms with Crippen molar-refractivity contribution in [2.75, 3.05) is 26.8 Å². The summed E-state index contributed by atoms with van der Waals surface area (Å²) in [6.45, 7) is 6.45. The van der Waals surface area contributed by atoms with Gasteiger partial charge in [0.05, 0.1) is 6.61 Å². The van der Waals surface area contributed by atoms with Crippen LogP contribution in [-0.4, -0.2) is 38.8 Å². The van der Waals surface area contributed by atoms with E-state index >= 15 is 0 Å². The summed E-state index contributed by atoms with van der Waals surface area (Å²) in [4.78, 5) is 10.8. The van der Waals surface area contributed by atoms with Crippen LogP contribution in [0.15, 0.2) is 0 Å². The van der Waals surface area contributed by atoms with Gasteiger partial charge in [-0.15, -0.1) is 0 Å². The Kier molecular flexibility index (Phi) is 8.57. The number of nitrogens with one attached hydrogen (secondary N) is 2. The van der Waals surface area contributed by atoms with E-state index in [0.717, 1.165) is 13.0 Å². The van der Waals surface area contributed by atoms with Crippen molar-refractivity contribution in [3.63, 3.8) is 0 Å². The second kappa shape index (κ2) is 8.97. The number of carbonyl (C=O) groups is 1. The Bertz CT molecular complexity index is 149. The van der Waals surface area contributed by atoms with Crippen LogP contribution >= 0.6 is 0 Å². The quantitative estimate of drug-likeness (QED) is 0.564. The maximum Gasteiger partial charge on any atom is 0.219 e. The Morgan fingerprint density at radius 3 is 2.64 bits per heavy atom. The van der Waals surface area contributed by atoms with Crippen molar-refractivity contribution in [2.45, 2.75) is 32.7 Å². The van der Waals surface area contributed by atoms with E-state index in [1.165, 1.54) is 0 Å². The van der Waals surface area contributed by atoms with E-state index in [2.05, 4.69) is 24.5 Å². The van der Waals surface area contributed by atoms with E-state index in [0.29, 0.717) is 25.7 Å². The molecule has 0 fully saturated rings. The Balaban J connectivity index is 3.03. The van der Waals surface area contributed by atoms with Crippen molar-refractivity contribution in [1.29, 1.82) is 0 Å². The van der Waals surface area contributed by atoms with E-state index in [1.807, 2.05) is 0 Å². The van der Waals surface area contributed by atoms with Crippen molar-refractivity contribution in [2.24, 2.45) is 0 Å². The lowest BCUT2D eigenvalue weighted by Gasteiger charge is -2.08. The number of rotatable bonds is 8. The standard InChI is InChI=1S/C10H22N2O2/c1-9(2)12-6-8-14-7-4-5-10(13)11-3/h9,12H,4-8H2,1-3H3,(H,11,13). The molecule has 0 saturated heterocycles. The molecule has 0 radical (unpaired) electrons. The summed E-state index contributed by atoms with van der Waals surface area (Å²) in [5, 5.41) is 5.83. The Labute approximate surface area is 86.4 Å². The third-order valence-corrected chi connectivity index (χ3v) is 1.77. The van der Waals surface area contributed by atoms with Gasteiger partial charge in [-0.05, 0) is 6.42 Å². The fourth-order valence-electron chi connectivity index (χ4n) is 0.982. The molecule has 0 aliphatic carbocycles. The van der Waals surface area contributed by atoms with Crippen LogP contribution < -0.4 is 10.6 Å². The molecule has 0 unspecified atom stereocenters. The van der Waals surface area contributed by atoms with E-state index in [-0.39, 0.29) is 5.91 Å².